The van der Waals surface area contributed by atoms with Crippen molar-refractivity contribution in [3.8, 4) is 0 Å². The highest BCUT2D eigenvalue weighted by Gasteiger charge is 2.21. The average molecular weight is 278 g/mol. The smallest absolute Gasteiger partial charge is 0.200 e. The fourth-order valence-corrected chi connectivity index (χ4v) is 8.13. The molecule has 2 rings (SSSR count). The van der Waals surface area contributed by atoms with Gasteiger partial charge in [0.05, 0.1) is 5.55 Å². The first-order valence-corrected chi connectivity index (χ1v) is 10.0. The Bertz CT molecular complexity index is 322. The Balaban J connectivity index is 1.64. The van der Waals surface area contributed by atoms with Crippen LogP contribution in [0, 0.1) is 0 Å². The summed E-state index contributed by atoms with van der Waals surface area (Å²) in [6.07, 6.45) is 5.35. The Labute approximate surface area is 105 Å². The SMILES string of the molecule is CCCCCCSC1=NC2=S(SC=N2)S1. The lowest BCUT2D eigenvalue weighted by Crippen LogP contribution is -1.88. The third kappa shape index (κ3) is 3.54. The molecule has 0 aromatic rings. The molecule has 2 heterocycles. The zero-order chi connectivity index (χ0) is 10.5. The van der Waals surface area contributed by atoms with Gasteiger partial charge < -0.3 is 0 Å². The Kier molecular flexibility index (Phi) is 5.13. The van der Waals surface area contributed by atoms with Gasteiger partial charge in [-0.2, -0.15) is 0 Å². The van der Waals surface area contributed by atoms with E-state index in [1.807, 2.05) is 28.1 Å². The van der Waals surface area contributed by atoms with Crippen LogP contribution in [0.3, 0.4) is 0 Å². The first-order valence-electron chi connectivity index (χ1n) is 5.11. The minimum Gasteiger partial charge on any atom is -0.223 e. The molecule has 15 heavy (non-hydrogen) atoms. The third-order valence-electron chi connectivity index (χ3n) is 2.00. The molecule has 0 aromatic heterocycles. The summed E-state index contributed by atoms with van der Waals surface area (Å²) < 4.78 is 1.23. The van der Waals surface area contributed by atoms with Crippen LogP contribution in [0.2, 0.25) is 0 Å². The highest BCUT2D eigenvalue weighted by atomic mass is 33.5. The fourth-order valence-electron chi connectivity index (χ4n) is 1.22. The monoisotopic (exact) mass is 278 g/mol. The predicted octanol–water partition coefficient (Wildman–Crippen LogP) is 4.36. The number of thioether (sulfide) groups is 1. The van der Waals surface area contributed by atoms with Gasteiger partial charge in [0.15, 0.2) is 0 Å². The van der Waals surface area contributed by atoms with Gasteiger partial charge in [-0.25, -0.2) is 9.98 Å². The van der Waals surface area contributed by atoms with Gasteiger partial charge in [0, 0.05) is 5.75 Å². The van der Waals surface area contributed by atoms with Crippen molar-refractivity contribution >= 4 is 56.9 Å². The summed E-state index contributed by atoms with van der Waals surface area (Å²) in [6.45, 7) is 2.25. The second-order valence-electron chi connectivity index (χ2n) is 3.22. The Morgan fingerprint density at radius 2 is 2.33 bits per heavy atom. The van der Waals surface area contributed by atoms with Gasteiger partial charge in [0.25, 0.3) is 0 Å². The van der Waals surface area contributed by atoms with Gasteiger partial charge in [-0.05, 0) is 36.6 Å². The largest absolute Gasteiger partial charge is 0.223 e. The number of unbranched alkanes of at least 4 members (excludes halogenated alkanes) is 3. The van der Waals surface area contributed by atoms with E-state index in [0.29, 0.717) is 0 Å². The van der Waals surface area contributed by atoms with Crippen LogP contribution in [0.5, 0.6) is 0 Å². The number of hydrogen-bond donors (Lipinski definition) is 0. The summed E-state index contributed by atoms with van der Waals surface area (Å²) in [5.74, 6) is 1.21. The van der Waals surface area contributed by atoms with Crippen LogP contribution in [0.4, 0.5) is 0 Å². The quantitative estimate of drug-likeness (QED) is 0.424. The highest BCUT2D eigenvalue weighted by molar-refractivity contribution is 9.21. The molecule has 1 atom stereocenters. The van der Waals surface area contributed by atoms with Crippen molar-refractivity contribution in [2.75, 3.05) is 5.75 Å². The van der Waals surface area contributed by atoms with Gasteiger partial charge in [-0.1, -0.05) is 37.9 Å². The van der Waals surface area contributed by atoms with Gasteiger partial charge in [-0.3, -0.25) is 0 Å². The van der Waals surface area contributed by atoms with Crippen LogP contribution >= 0.6 is 41.9 Å². The molecule has 2 nitrogen and oxygen atoms in total. The second-order valence-corrected chi connectivity index (χ2v) is 10.1. The molecule has 2 aliphatic heterocycles. The highest BCUT2D eigenvalue weighted by Crippen LogP contribution is 2.52. The lowest BCUT2D eigenvalue weighted by Gasteiger charge is -2.00. The first-order chi connectivity index (χ1) is 7.40. The predicted molar refractivity (Wildman–Crippen MR) is 80.3 cm³/mol. The van der Waals surface area contributed by atoms with E-state index < -0.39 is 0 Å². The van der Waals surface area contributed by atoms with Gasteiger partial charge in [0.2, 0.25) is 5.11 Å². The van der Waals surface area contributed by atoms with Crippen molar-refractivity contribution in [3.05, 3.63) is 0 Å². The average Bonchev–Trinajstić information content (AvgIpc) is 2.77. The number of aliphatic imine (C=N–C) groups is 2. The number of rotatable bonds is 5. The maximum atomic E-state index is 4.52. The maximum absolute atomic E-state index is 4.52. The lowest BCUT2D eigenvalue weighted by molar-refractivity contribution is 0.707. The zero-order valence-electron chi connectivity index (χ0n) is 8.64. The zero-order valence-corrected chi connectivity index (χ0v) is 11.9. The minimum atomic E-state index is 0.196. The molecule has 0 aliphatic carbocycles. The van der Waals surface area contributed by atoms with Gasteiger partial charge in [-0.15, -0.1) is 0 Å². The molecule has 0 saturated heterocycles. The van der Waals surface area contributed by atoms with Crippen LogP contribution in [0.1, 0.15) is 32.6 Å². The van der Waals surface area contributed by atoms with Crippen molar-refractivity contribution < 1.29 is 0 Å². The molecule has 0 saturated carbocycles. The molecule has 0 spiro atoms. The summed E-state index contributed by atoms with van der Waals surface area (Å²) in [4.78, 5) is 8.77. The molecule has 0 bridgehead atoms. The van der Waals surface area contributed by atoms with E-state index in [1.54, 1.807) is 10.8 Å². The van der Waals surface area contributed by atoms with Crippen LogP contribution < -0.4 is 0 Å². The molecule has 0 radical (unpaired) electrons. The molecule has 6 heteroatoms. The summed E-state index contributed by atoms with van der Waals surface area (Å²) in [5.41, 5.74) is 1.91. The Morgan fingerprint density at radius 3 is 3.13 bits per heavy atom. The van der Waals surface area contributed by atoms with Crippen LogP contribution in [-0.2, 0) is 0 Å². The van der Waals surface area contributed by atoms with Gasteiger partial charge >= 0.3 is 0 Å². The molecule has 0 N–H and O–H groups in total. The number of hydrogen-bond acceptors (Lipinski definition) is 5. The van der Waals surface area contributed by atoms with Gasteiger partial charge in [0.1, 0.15) is 4.38 Å². The molecular weight excluding hydrogens is 264 g/mol. The van der Waals surface area contributed by atoms with Crippen molar-refractivity contribution in [1.29, 1.82) is 0 Å². The third-order valence-corrected chi connectivity index (χ3v) is 8.92. The second kappa shape index (κ2) is 6.37. The van der Waals surface area contributed by atoms with Crippen molar-refractivity contribution in [2.24, 2.45) is 9.98 Å². The molecule has 0 fully saturated rings. The maximum Gasteiger partial charge on any atom is 0.200 e. The lowest BCUT2D eigenvalue weighted by atomic mass is 10.2. The van der Waals surface area contributed by atoms with E-state index in [9.17, 15) is 0 Å². The topological polar surface area (TPSA) is 24.7 Å². The normalized spacial score (nSPS) is 23.4. The van der Waals surface area contributed by atoms with Crippen molar-refractivity contribution in [3.63, 3.8) is 0 Å². The van der Waals surface area contributed by atoms with Crippen LogP contribution in [0.15, 0.2) is 9.98 Å². The van der Waals surface area contributed by atoms with Crippen molar-refractivity contribution in [1.82, 2.24) is 0 Å². The van der Waals surface area contributed by atoms with E-state index in [2.05, 4.69) is 16.9 Å². The molecule has 0 amide bonds. The van der Waals surface area contributed by atoms with E-state index in [-0.39, 0.29) is 8.55 Å². The molecule has 1 unspecified atom stereocenters. The van der Waals surface area contributed by atoms with E-state index in [0.717, 1.165) is 5.11 Å². The summed E-state index contributed by atoms with van der Waals surface area (Å²) in [7, 11) is 3.88. The first kappa shape index (κ1) is 12.1. The Morgan fingerprint density at radius 1 is 1.40 bits per heavy atom. The van der Waals surface area contributed by atoms with E-state index in [4.69, 9.17) is 0 Å². The van der Waals surface area contributed by atoms with E-state index >= 15 is 0 Å². The molecular formula is C9H14N2S4. The number of nitrogens with zero attached hydrogens (tertiary/aromatic N) is 2. The Hall–Kier alpha value is 0.610. The summed E-state index contributed by atoms with van der Waals surface area (Å²) in [6, 6.07) is 0. The molecule has 0 aromatic carbocycles. The standard InChI is InChI=1S/C9H14N2S4/c1-2-3-4-5-6-12-9-11-8-10-7-13-15(8)14-9/h7H,2-6H2,1H3. The van der Waals surface area contributed by atoms with Crippen LogP contribution in [0.25, 0.3) is 0 Å². The minimum absolute atomic E-state index is 0.196. The van der Waals surface area contributed by atoms with E-state index in [1.165, 1.54) is 35.8 Å². The summed E-state index contributed by atoms with van der Waals surface area (Å²) in [5, 5.41) is 1.04. The fraction of sp³-hybridized carbons (Fsp3) is 0.667. The molecule has 84 valence electrons. The van der Waals surface area contributed by atoms with Crippen molar-refractivity contribution in [2.45, 2.75) is 32.6 Å². The summed E-state index contributed by atoms with van der Waals surface area (Å²) >= 11 is 1.90. The molecule has 2 aliphatic rings. The van der Waals surface area contributed by atoms with Crippen LogP contribution in [-0.4, -0.2) is 20.8 Å².